The number of pyridine rings is 1. The summed E-state index contributed by atoms with van der Waals surface area (Å²) < 4.78 is 0. The molecule has 4 nitrogen and oxygen atoms in total. The molecule has 1 aromatic rings. The van der Waals surface area contributed by atoms with Gasteiger partial charge in [0.25, 0.3) is 0 Å². The lowest BCUT2D eigenvalue weighted by Crippen LogP contribution is -2.63. The maximum absolute atomic E-state index is 12.2. The maximum Gasteiger partial charge on any atom is 0.0979 e. The molecule has 1 aromatic heterocycles. The van der Waals surface area contributed by atoms with Crippen molar-refractivity contribution in [3.05, 3.63) is 41.7 Å². The smallest absolute Gasteiger partial charge is 0.0979 e. The van der Waals surface area contributed by atoms with Crippen molar-refractivity contribution >= 4 is 0 Å². The fourth-order valence-corrected chi connectivity index (χ4v) is 7.72. The van der Waals surface area contributed by atoms with Crippen LogP contribution in [0.1, 0.15) is 70.8 Å². The molecule has 2 unspecified atom stereocenters. The van der Waals surface area contributed by atoms with E-state index in [1.54, 1.807) is 12.4 Å². The van der Waals surface area contributed by atoms with Crippen LogP contribution in [0.3, 0.4) is 0 Å². The number of aromatic nitrogens is 1. The number of fused-ring (bicyclic) bond motifs is 5. The number of hydrogen-bond acceptors (Lipinski definition) is 4. The second-order valence-corrected chi connectivity index (χ2v) is 10.4. The Kier molecular flexibility index (Phi) is 3.96. The molecule has 4 aliphatic rings. The molecule has 0 amide bonds. The molecule has 0 saturated heterocycles. The van der Waals surface area contributed by atoms with E-state index in [1.807, 2.05) is 12.1 Å². The predicted octanol–water partition coefficient (Wildman–Crippen LogP) is 3.71. The summed E-state index contributed by atoms with van der Waals surface area (Å²) in [5, 5.41) is 34.2. The van der Waals surface area contributed by atoms with Crippen molar-refractivity contribution in [2.24, 2.45) is 22.7 Å². The zero-order valence-electron chi connectivity index (χ0n) is 17.1. The number of allylic oxidation sites excluding steroid dienone is 1. The molecule has 0 bridgehead atoms. The van der Waals surface area contributed by atoms with Gasteiger partial charge in [-0.1, -0.05) is 25.5 Å². The SMILES string of the molecule is C[C@]12CCC(O)CC1=CC[C@@H]1[C@H]2CC[C@]2(C)C(O)(c3ccncc3)CC[C@@]12O. The summed E-state index contributed by atoms with van der Waals surface area (Å²) in [6.07, 6.45) is 12.2. The highest BCUT2D eigenvalue weighted by Crippen LogP contribution is 2.70. The van der Waals surface area contributed by atoms with Crippen LogP contribution in [0.4, 0.5) is 0 Å². The molecule has 4 aliphatic carbocycles. The van der Waals surface area contributed by atoms with Crippen LogP contribution in [-0.4, -0.2) is 32.0 Å². The molecule has 28 heavy (non-hydrogen) atoms. The minimum atomic E-state index is -1.01. The summed E-state index contributed by atoms with van der Waals surface area (Å²) in [4.78, 5) is 4.12. The molecule has 4 heteroatoms. The van der Waals surface area contributed by atoms with Crippen molar-refractivity contribution in [3.8, 4) is 0 Å². The Hall–Kier alpha value is -1.23. The number of aliphatic hydroxyl groups excluding tert-OH is 1. The summed E-state index contributed by atoms with van der Waals surface area (Å²) in [7, 11) is 0. The van der Waals surface area contributed by atoms with Crippen LogP contribution in [0.15, 0.2) is 36.2 Å². The van der Waals surface area contributed by atoms with Crippen molar-refractivity contribution in [1.82, 2.24) is 4.98 Å². The van der Waals surface area contributed by atoms with Gasteiger partial charge in [0.2, 0.25) is 0 Å². The summed E-state index contributed by atoms with van der Waals surface area (Å²) in [6, 6.07) is 3.82. The van der Waals surface area contributed by atoms with Gasteiger partial charge in [0.05, 0.1) is 17.3 Å². The van der Waals surface area contributed by atoms with E-state index in [4.69, 9.17) is 0 Å². The molecule has 5 rings (SSSR count). The maximum atomic E-state index is 12.2. The van der Waals surface area contributed by atoms with E-state index in [2.05, 4.69) is 24.9 Å². The van der Waals surface area contributed by atoms with Crippen LogP contribution in [0.2, 0.25) is 0 Å². The topological polar surface area (TPSA) is 73.6 Å². The molecule has 3 fully saturated rings. The van der Waals surface area contributed by atoms with Crippen LogP contribution >= 0.6 is 0 Å². The lowest BCUT2D eigenvalue weighted by molar-refractivity contribution is -0.218. The van der Waals surface area contributed by atoms with E-state index in [1.165, 1.54) is 5.57 Å². The van der Waals surface area contributed by atoms with Gasteiger partial charge in [-0.15, -0.1) is 0 Å². The predicted molar refractivity (Wildman–Crippen MR) is 107 cm³/mol. The summed E-state index contributed by atoms with van der Waals surface area (Å²) in [6.45, 7) is 4.47. The van der Waals surface area contributed by atoms with Gasteiger partial charge in [0.1, 0.15) is 0 Å². The normalized spacial score (nSPS) is 50.3. The summed E-state index contributed by atoms with van der Waals surface area (Å²) in [5.74, 6) is 0.601. The fourth-order valence-electron chi connectivity index (χ4n) is 7.72. The van der Waals surface area contributed by atoms with E-state index in [0.717, 1.165) is 44.1 Å². The quantitative estimate of drug-likeness (QED) is 0.647. The van der Waals surface area contributed by atoms with Crippen LogP contribution in [0.25, 0.3) is 0 Å². The first kappa shape index (κ1) is 18.8. The number of nitrogens with zero attached hydrogens (tertiary/aromatic N) is 1. The molecule has 3 N–H and O–H groups in total. The molecule has 0 aliphatic heterocycles. The van der Waals surface area contributed by atoms with E-state index in [0.29, 0.717) is 18.8 Å². The number of rotatable bonds is 1. The van der Waals surface area contributed by atoms with Gasteiger partial charge in [-0.3, -0.25) is 4.98 Å². The molecule has 1 heterocycles. The first-order chi connectivity index (χ1) is 13.2. The Labute approximate surface area is 167 Å². The van der Waals surface area contributed by atoms with Gasteiger partial charge < -0.3 is 15.3 Å². The average Bonchev–Trinajstić information content (AvgIpc) is 2.91. The van der Waals surface area contributed by atoms with Crippen LogP contribution in [0.5, 0.6) is 0 Å². The highest BCUT2D eigenvalue weighted by molar-refractivity contribution is 5.34. The molecule has 0 aromatic carbocycles. The summed E-state index contributed by atoms with van der Waals surface area (Å²) in [5.41, 5.74) is -0.0617. The van der Waals surface area contributed by atoms with Gasteiger partial charge in [-0.25, -0.2) is 0 Å². The second kappa shape index (κ2) is 5.90. The third-order valence-corrected chi connectivity index (χ3v) is 9.57. The Morgan fingerprint density at radius 1 is 0.964 bits per heavy atom. The highest BCUT2D eigenvalue weighted by atomic mass is 16.3. The first-order valence-corrected chi connectivity index (χ1v) is 11.0. The van der Waals surface area contributed by atoms with Crippen molar-refractivity contribution < 1.29 is 15.3 Å². The lowest BCUT2D eigenvalue weighted by Gasteiger charge is -2.62. The van der Waals surface area contributed by atoms with Crippen LogP contribution in [-0.2, 0) is 5.60 Å². The Bertz CT molecular complexity index is 809. The zero-order valence-corrected chi connectivity index (χ0v) is 17.1. The molecular formula is C24H33NO3. The fraction of sp³-hybridized carbons (Fsp3) is 0.708. The Balaban J connectivity index is 1.56. The Morgan fingerprint density at radius 2 is 1.71 bits per heavy atom. The lowest BCUT2D eigenvalue weighted by atomic mass is 9.45. The largest absolute Gasteiger partial charge is 0.393 e. The highest BCUT2D eigenvalue weighted by Gasteiger charge is 2.71. The van der Waals surface area contributed by atoms with Gasteiger partial charge in [-0.2, -0.15) is 0 Å². The number of hydrogen-bond donors (Lipinski definition) is 3. The van der Waals surface area contributed by atoms with Gasteiger partial charge in [0.15, 0.2) is 0 Å². The zero-order chi connectivity index (χ0) is 19.8. The van der Waals surface area contributed by atoms with Gasteiger partial charge in [0, 0.05) is 17.8 Å². The van der Waals surface area contributed by atoms with Crippen LogP contribution < -0.4 is 0 Å². The molecular weight excluding hydrogens is 350 g/mol. The third kappa shape index (κ3) is 2.15. The van der Waals surface area contributed by atoms with Crippen molar-refractivity contribution in [3.63, 3.8) is 0 Å². The second-order valence-electron chi connectivity index (χ2n) is 10.4. The standard InChI is InChI=1S/C24H33NO3/c1-21-9-5-18(26)15-17(21)3-4-20-19(21)6-10-22(2)23(27,11-12-24(20,22)28)16-7-13-25-14-8-16/h3,7-8,13-14,18-20,26-28H,4-6,9-12,15H2,1-2H3/t18?,19-,20-,21+,22-,23?,24-/m1/s1. The molecule has 3 saturated carbocycles. The van der Waals surface area contributed by atoms with Crippen molar-refractivity contribution in [2.45, 2.75) is 82.5 Å². The van der Waals surface area contributed by atoms with E-state index < -0.39 is 16.6 Å². The first-order valence-electron chi connectivity index (χ1n) is 11.0. The summed E-state index contributed by atoms with van der Waals surface area (Å²) >= 11 is 0. The van der Waals surface area contributed by atoms with Gasteiger partial charge >= 0.3 is 0 Å². The minimum absolute atomic E-state index is 0.0799. The average molecular weight is 384 g/mol. The monoisotopic (exact) mass is 383 g/mol. The third-order valence-electron chi connectivity index (χ3n) is 9.57. The van der Waals surface area contributed by atoms with Crippen molar-refractivity contribution in [1.29, 1.82) is 0 Å². The van der Waals surface area contributed by atoms with E-state index in [9.17, 15) is 15.3 Å². The molecule has 0 spiro atoms. The van der Waals surface area contributed by atoms with E-state index in [-0.39, 0.29) is 17.4 Å². The van der Waals surface area contributed by atoms with E-state index >= 15 is 0 Å². The molecule has 152 valence electrons. The van der Waals surface area contributed by atoms with Gasteiger partial charge in [-0.05, 0) is 86.3 Å². The number of aliphatic hydroxyl groups is 3. The molecule has 0 radical (unpaired) electrons. The minimum Gasteiger partial charge on any atom is -0.393 e. The van der Waals surface area contributed by atoms with Crippen LogP contribution in [0, 0.1) is 22.7 Å². The van der Waals surface area contributed by atoms with Crippen molar-refractivity contribution in [2.75, 3.05) is 0 Å². The Morgan fingerprint density at radius 3 is 2.46 bits per heavy atom. The molecule has 7 atom stereocenters.